The molecule has 5 heteroatoms. The zero-order valence-electron chi connectivity index (χ0n) is 10.7. The quantitative estimate of drug-likeness (QED) is 0.883. The highest BCUT2D eigenvalue weighted by atomic mass is 19.1. The van der Waals surface area contributed by atoms with E-state index in [9.17, 15) is 9.50 Å². The summed E-state index contributed by atoms with van der Waals surface area (Å²) in [6.07, 6.45) is 3.53. The predicted octanol–water partition coefficient (Wildman–Crippen LogP) is 2.04. The molecule has 0 saturated carbocycles. The van der Waals surface area contributed by atoms with Crippen molar-refractivity contribution in [3.63, 3.8) is 0 Å². The Kier molecular flexibility index (Phi) is 3.76. The standard InChI is InChI=1S/C14H16FN3O/c1-2-14(19,12-4-3-11(15)9-18-12)8-10-5-6-17-13(16)7-10/h3-7,9,19H,2,8H2,1H3,(H2,16,17). The van der Waals surface area contributed by atoms with Crippen molar-refractivity contribution in [2.75, 3.05) is 5.73 Å². The first-order valence-electron chi connectivity index (χ1n) is 6.08. The largest absolute Gasteiger partial charge is 0.384 e. The average Bonchev–Trinajstić information content (AvgIpc) is 2.39. The molecule has 100 valence electrons. The Morgan fingerprint density at radius 1 is 1.32 bits per heavy atom. The van der Waals surface area contributed by atoms with Crippen LogP contribution in [0.2, 0.25) is 0 Å². The van der Waals surface area contributed by atoms with Crippen LogP contribution >= 0.6 is 0 Å². The third-order valence-corrected chi connectivity index (χ3v) is 3.13. The van der Waals surface area contributed by atoms with Crippen LogP contribution in [0.4, 0.5) is 10.2 Å². The lowest BCUT2D eigenvalue weighted by Crippen LogP contribution is -2.29. The smallest absolute Gasteiger partial charge is 0.141 e. The number of nitrogens with zero attached hydrogens (tertiary/aromatic N) is 2. The molecule has 3 N–H and O–H groups in total. The number of halogens is 1. The number of hydrogen-bond acceptors (Lipinski definition) is 4. The molecule has 19 heavy (non-hydrogen) atoms. The van der Waals surface area contributed by atoms with E-state index in [1.54, 1.807) is 18.3 Å². The van der Waals surface area contributed by atoms with Gasteiger partial charge in [-0.25, -0.2) is 9.37 Å². The molecule has 1 atom stereocenters. The fraction of sp³-hybridized carbons (Fsp3) is 0.286. The molecule has 0 aromatic carbocycles. The third-order valence-electron chi connectivity index (χ3n) is 3.13. The van der Waals surface area contributed by atoms with Crippen LogP contribution in [-0.2, 0) is 12.0 Å². The summed E-state index contributed by atoms with van der Waals surface area (Å²) in [5, 5.41) is 10.7. The van der Waals surface area contributed by atoms with Gasteiger partial charge in [0, 0.05) is 12.6 Å². The second-order valence-electron chi connectivity index (χ2n) is 4.51. The minimum absolute atomic E-state index is 0.356. The number of aliphatic hydroxyl groups is 1. The highest BCUT2D eigenvalue weighted by Gasteiger charge is 2.29. The van der Waals surface area contributed by atoms with E-state index < -0.39 is 11.4 Å². The highest BCUT2D eigenvalue weighted by Crippen LogP contribution is 2.28. The average molecular weight is 261 g/mol. The Balaban J connectivity index is 2.29. The number of rotatable bonds is 4. The van der Waals surface area contributed by atoms with E-state index in [2.05, 4.69) is 9.97 Å². The lowest BCUT2D eigenvalue weighted by atomic mass is 9.88. The topological polar surface area (TPSA) is 72.0 Å². The molecule has 0 bridgehead atoms. The minimum atomic E-state index is -1.14. The third kappa shape index (κ3) is 3.06. The number of pyridine rings is 2. The Hall–Kier alpha value is -2.01. The lowest BCUT2D eigenvalue weighted by Gasteiger charge is -2.26. The van der Waals surface area contributed by atoms with Gasteiger partial charge in [0.05, 0.1) is 11.9 Å². The molecule has 0 spiro atoms. The fourth-order valence-electron chi connectivity index (χ4n) is 1.99. The molecule has 0 radical (unpaired) electrons. The van der Waals surface area contributed by atoms with Crippen molar-refractivity contribution in [3.05, 3.63) is 53.7 Å². The van der Waals surface area contributed by atoms with Gasteiger partial charge in [-0.1, -0.05) is 6.92 Å². The van der Waals surface area contributed by atoms with Gasteiger partial charge in [0.1, 0.15) is 17.2 Å². The molecule has 1 unspecified atom stereocenters. The van der Waals surface area contributed by atoms with Crippen molar-refractivity contribution >= 4 is 5.82 Å². The van der Waals surface area contributed by atoms with Gasteiger partial charge in [0.2, 0.25) is 0 Å². The van der Waals surface area contributed by atoms with Crippen LogP contribution in [0, 0.1) is 5.82 Å². The molecule has 2 aromatic rings. The van der Waals surface area contributed by atoms with Crippen molar-refractivity contribution in [2.45, 2.75) is 25.4 Å². The molecule has 0 aliphatic carbocycles. The van der Waals surface area contributed by atoms with E-state index in [1.165, 1.54) is 12.1 Å². The van der Waals surface area contributed by atoms with Gasteiger partial charge in [-0.05, 0) is 36.2 Å². The summed E-state index contributed by atoms with van der Waals surface area (Å²) >= 11 is 0. The molecular formula is C14H16FN3O. The van der Waals surface area contributed by atoms with Crippen LogP contribution in [0.15, 0.2) is 36.7 Å². The van der Waals surface area contributed by atoms with Crippen molar-refractivity contribution in [3.8, 4) is 0 Å². The monoisotopic (exact) mass is 261 g/mol. The number of nitrogen functional groups attached to an aromatic ring is 1. The van der Waals surface area contributed by atoms with Crippen LogP contribution in [0.1, 0.15) is 24.6 Å². The van der Waals surface area contributed by atoms with Crippen LogP contribution < -0.4 is 5.73 Å². The molecule has 0 aliphatic rings. The van der Waals surface area contributed by atoms with E-state index in [0.717, 1.165) is 11.8 Å². The lowest BCUT2D eigenvalue weighted by molar-refractivity contribution is 0.0282. The molecule has 2 heterocycles. The Labute approximate surface area is 111 Å². The molecular weight excluding hydrogens is 245 g/mol. The van der Waals surface area contributed by atoms with Crippen LogP contribution in [0.25, 0.3) is 0 Å². The Bertz CT molecular complexity index is 559. The van der Waals surface area contributed by atoms with Crippen LogP contribution in [0.3, 0.4) is 0 Å². The van der Waals surface area contributed by atoms with E-state index in [-0.39, 0.29) is 0 Å². The predicted molar refractivity (Wildman–Crippen MR) is 70.7 cm³/mol. The molecule has 0 saturated heterocycles. The van der Waals surface area contributed by atoms with Crippen molar-refractivity contribution in [1.82, 2.24) is 9.97 Å². The second-order valence-corrected chi connectivity index (χ2v) is 4.51. The first-order chi connectivity index (χ1) is 9.03. The van der Waals surface area contributed by atoms with Crippen LogP contribution in [-0.4, -0.2) is 15.1 Å². The SMILES string of the molecule is CCC(O)(Cc1ccnc(N)c1)c1ccc(F)cn1. The Morgan fingerprint density at radius 3 is 2.68 bits per heavy atom. The number of anilines is 1. The Morgan fingerprint density at radius 2 is 2.11 bits per heavy atom. The summed E-state index contributed by atoms with van der Waals surface area (Å²) < 4.78 is 12.9. The van der Waals surface area contributed by atoms with Gasteiger partial charge in [-0.15, -0.1) is 0 Å². The summed E-state index contributed by atoms with van der Waals surface area (Å²) in [6.45, 7) is 1.86. The first kappa shape index (κ1) is 13.4. The maximum absolute atomic E-state index is 12.9. The van der Waals surface area contributed by atoms with Crippen LogP contribution in [0.5, 0.6) is 0 Å². The number of hydrogen-bond donors (Lipinski definition) is 2. The normalized spacial score (nSPS) is 14.1. The van der Waals surface area contributed by atoms with Crippen molar-refractivity contribution < 1.29 is 9.50 Å². The summed E-state index contributed by atoms with van der Waals surface area (Å²) in [5.41, 5.74) is 5.80. The van der Waals surface area contributed by atoms with E-state index in [1.807, 2.05) is 6.92 Å². The van der Waals surface area contributed by atoms with E-state index in [0.29, 0.717) is 24.4 Å². The van der Waals surface area contributed by atoms with Crippen molar-refractivity contribution in [1.29, 1.82) is 0 Å². The zero-order chi connectivity index (χ0) is 13.9. The molecule has 0 amide bonds. The van der Waals surface area contributed by atoms with Gasteiger partial charge in [0.15, 0.2) is 0 Å². The van der Waals surface area contributed by atoms with Gasteiger partial charge in [-0.2, -0.15) is 0 Å². The van der Waals surface area contributed by atoms with Crippen molar-refractivity contribution in [2.24, 2.45) is 0 Å². The van der Waals surface area contributed by atoms with Gasteiger partial charge < -0.3 is 10.8 Å². The number of aromatic nitrogens is 2. The maximum atomic E-state index is 12.9. The number of nitrogens with two attached hydrogens (primary N) is 1. The van der Waals surface area contributed by atoms with E-state index in [4.69, 9.17) is 5.73 Å². The molecule has 4 nitrogen and oxygen atoms in total. The minimum Gasteiger partial charge on any atom is -0.384 e. The van der Waals surface area contributed by atoms with Gasteiger partial charge in [0.25, 0.3) is 0 Å². The van der Waals surface area contributed by atoms with Gasteiger partial charge in [-0.3, -0.25) is 4.98 Å². The second kappa shape index (κ2) is 5.32. The molecule has 0 aliphatic heterocycles. The fourth-order valence-corrected chi connectivity index (χ4v) is 1.99. The summed E-state index contributed by atoms with van der Waals surface area (Å²) in [5.74, 6) is -0.0154. The zero-order valence-corrected chi connectivity index (χ0v) is 10.7. The molecule has 2 rings (SSSR count). The maximum Gasteiger partial charge on any atom is 0.141 e. The summed E-state index contributed by atoms with van der Waals surface area (Å²) in [4.78, 5) is 7.88. The van der Waals surface area contributed by atoms with Gasteiger partial charge >= 0.3 is 0 Å². The first-order valence-corrected chi connectivity index (χ1v) is 6.08. The highest BCUT2D eigenvalue weighted by molar-refractivity contribution is 5.33. The van der Waals surface area contributed by atoms with E-state index >= 15 is 0 Å². The molecule has 0 fully saturated rings. The molecule has 2 aromatic heterocycles. The summed E-state index contributed by atoms with van der Waals surface area (Å²) in [7, 11) is 0. The summed E-state index contributed by atoms with van der Waals surface area (Å²) in [6, 6.07) is 6.30.